The van der Waals surface area contributed by atoms with Gasteiger partial charge in [0.25, 0.3) is 0 Å². The van der Waals surface area contributed by atoms with Crippen LogP contribution in [-0.2, 0) is 4.74 Å². The van der Waals surface area contributed by atoms with E-state index in [9.17, 15) is 0 Å². The Morgan fingerprint density at radius 3 is 2.18 bits per heavy atom. The molecule has 0 bridgehead atoms. The number of hydrogen-bond donors (Lipinski definition) is 0. The van der Waals surface area contributed by atoms with Crippen molar-refractivity contribution in [2.75, 3.05) is 5.88 Å². The highest BCUT2D eigenvalue weighted by atomic mass is 35.5. The standard InChI is InChI=1S/C9H19ClO/c1-5-6-8(7-10)11-9(2,3)4/h8H,5-7H2,1-4H3/t8-/m0/s1. The number of halogens is 1. The molecule has 1 atom stereocenters. The maximum absolute atomic E-state index is 5.73. The number of alkyl halides is 1. The molecule has 0 heterocycles. The second kappa shape index (κ2) is 5.00. The molecule has 2 heteroatoms. The first kappa shape index (κ1) is 11.2. The number of rotatable bonds is 4. The lowest BCUT2D eigenvalue weighted by Crippen LogP contribution is -2.28. The molecule has 0 rings (SSSR count). The molecule has 0 aliphatic rings. The SMILES string of the molecule is CCC[C@@H](CCl)OC(C)(C)C. The van der Waals surface area contributed by atoms with Gasteiger partial charge >= 0.3 is 0 Å². The van der Waals surface area contributed by atoms with Crippen molar-refractivity contribution >= 4 is 11.6 Å². The van der Waals surface area contributed by atoms with Crippen molar-refractivity contribution in [1.82, 2.24) is 0 Å². The fourth-order valence-corrected chi connectivity index (χ4v) is 1.21. The minimum absolute atomic E-state index is 0.0608. The zero-order chi connectivity index (χ0) is 8.91. The molecule has 0 aromatic heterocycles. The largest absolute Gasteiger partial charge is 0.371 e. The summed E-state index contributed by atoms with van der Waals surface area (Å²) in [6.07, 6.45) is 2.41. The Labute approximate surface area is 75.1 Å². The summed E-state index contributed by atoms with van der Waals surface area (Å²) >= 11 is 5.73. The lowest BCUT2D eigenvalue weighted by Gasteiger charge is -2.25. The van der Waals surface area contributed by atoms with Crippen LogP contribution in [0.5, 0.6) is 0 Å². The Bertz CT molecular complexity index is 96.2. The highest BCUT2D eigenvalue weighted by molar-refractivity contribution is 6.18. The van der Waals surface area contributed by atoms with Gasteiger partial charge in [0, 0.05) is 5.88 Å². The van der Waals surface area contributed by atoms with Crippen LogP contribution in [0.1, 0.15) is 40.5 Å². The summed E-state index contributed by atoms with van der Waals surface area (Å²) in [5.74, 6) is 0.602. The lowest BCUT2D eigenvalue weighted by molar-refractivity contribution is -0.0526. The monoisotopic (exact) mass is 178 g/mol. The first-order valence-corrected chi connectivity index (χ1v) is 4.77. The minimum Gasteiger partial charge on any atom is -0.371 e. The van der Waals surface area contributed by atoms with Crippen molar-refractivity contribution < 1.29 is 4.74 Å². The smallest absolute Gasteiger partial charge is 0.0717 e. The van der Waals surface area contributed by atoms with Gasteiger partial charge in [-0.1, -0.05) is 13.3 Å². The molecule has 0 N–H and O–H groups in total. The van der Waals surface area contributed by atoms with Crippen molar-refractivity contribution in [2.45, 2.75) is 52.2 Å². The van der Waals surface area contributed by atoms with Crippen LogP contribution in [-0.4, -0.2) is 17.6 Å². The summed E-state index contributed by atoms with van der Waals surface area (Å²) in [7, 11) is 0. The molecule has 0 spiro atoms. The summed E-state index contributed by atoms with van der Waals surface area (Å²) < 4.78 is 5.70. The fourth-order valence-electron chi connectivity index (χ4n) is 0.990. The van der Waals surface area contributed by atoms with E-state index in [1.807, 2.05) is 0 Å². The average Bonchev–Trinajstić information content (AvgIpc) is 1.84. The molecule has 0 aromatic carbocycles. The van der Waals surface area contributed by atoms with Gasteiger partial charge in [-0.05, 0) is 27.2 Å². The van der Waals surface area contributed by atoms with Gasteiger partial charge in [-0.15, -0.1) is 11.6 Å². The fraction of sp³-hybridized carbons (Fsp3) is 1.00. The van der Waals surface area contributed by atoms with Crippen LogP contribution in [0.4, 0.5) is 0 Å². The molecule has 0 fully saturated rings. The zero-order valence-electron chi connectivity index (χ0n) is 7.98. The zero-order valence-corrected chi connectivity index (χ0v) is 8.74. The van der Waals surface area contributed by atoms with Crippen molar-refractivity contribution in [2.24, 2.45) is 0 Å². The van der Waals surface area contributed by atoms with Gasteiger partial charge in [0.2, 0.25) is 0 Å². The highest BCUT2D eigenvalue weighted by Crippen LogP contribution is 2.15. The first-order chi connectivity index (χ1) is 4.99. The molecule has 0 aliphatic carbocycles. The van der Waals surface area contributed by atoms with Gasteiger partial charge in [-0.25, -0.2) is 0 Å². The summed E-state index contributed by atoms with van der Waals surface area (Å²) in [5, 5.41) is 0. The van der Waals surface area contributed by atoms with Crippen LogP contribution in [0.15, 0.2) is 0 Å². The van der Waals surface area contributed by atoms with Gasteiger partial charge in [-0.3, -0.25) is 0 Å². The third kappa shape index (κ3) is 6.64. The van der Waals surface area contributed by atoms with Gasteiger partial charge in [0.05, 0.1) is 11.7 Å². The topological polar surface area (TPSA) is 9.23 Å². The number of hydrogen-bond acceptors (Lipinski definition) is 1. The molecular weight excluding hydrogens is 160 g/mol. The van der Waals surface area contributed by atoms with Gasteiger partial charge in [0.1, 0.15) is 0 Å². The maximum atomic E-state index is 5.73. The van der Waals surface area contributed by atoms with E-state index in [0.717, 1.165) is 12.8 Å². The summed E-state index contributed by atoms with van der Waals surface area (Å²) in [4.78, 5) is 0. The molecule has 0 saturated heterocycles. The third-order valence-corrected chi connectivity index (χ3v) is 1.65. The van der Waals surface area contributed by atoms with Crippen LogP contribution >= 0.6 is 11.6 Å². The molecule has 0 aromatic rings. The Hall–Kier alpha value is 0.250. The second-order valence-corrected chi connectivity index (χ2v) is 4.10. The molecular formula is C9H19ClO. The van der Waals surface area contributed by atoms with E-state index < -0.39 is 0 Å². The van der Waals surface area contributed by atoms with Crippen LogP contribution < -0.4 is 0 Å². The second-order valence-electron chi connectivity index (χ2n) is 3.80. The minimum atomic E-state index is -0.0608. The Morgan fingerprint density at radius 2 is 1.91 bits per heavy atom. The van der Waals surface area contributed by atoms with E-state index in [1.165, 1.54) is 0 Å². The predicted octanol–water partition coefficient (Wildman–Crippen LogP) is 3.21. The average molecular weight is 179 g/mol. The Morgan fingerprint density at radius 1 is 1.36 bits per heavy atom. The lowest BCUT2D eigenvalue weighted by atomic mass is 10.1. The molecule has 0 unspecified atom stereocenters. The Balaban J connectivity index is 3.68. The van der Waals surface area contributed by atoms with Crippen molar-refractivity contribution in [3.05, 3.63) is 0 Å². The van der Waals surface area contributed by atoms with Crippen molar-refractivity contribution in [3.63, 3.8) is 0 Å². The van der Waals surface area contributed by atoms with E-state index in [0.29, 0.717) is 5.88 Å². The van der Waals surface area contributed by atoms with Crippen molar-refractivity contribution in [3.8, 4) is 0 Å². The van der Waals surface area contributed by atoms with Gasteiger partial charge < -0.3 is 4.74 Å². The molecule has 0 saturated carbocycles. The van der Waals surface area contributed by atoms with Gasteiger partial charge in [-0.2, -0.15) is 0 Å². The highest BCUT2D eigenvalue weighted by Gasteiger charge is 2.16. The molecule has 1 nitrogen and oxygen atoms in total. The summed E-state index contributed by atoms with van der Waals surface area (Å²) in [6.45, 7) is 8.32. The first-order valence-electron chi connectivity index (χ1n) is 4.23. The van der Waals surface area contributed by atoms with E-state index >= 15 is 0 Å². The molecule has 0 radical (unpaired) electrons. The number of ether oxygens (including phenoxy) is 1. The van der Waals surface area contributed by atoms with E-state index in [4.69, 9.17) is 16.3 Å². The molecule has 0 aliphatic heterocycles. The molecule has 68 valence electrons. The maximum Gasteiger partial charge on any atom is 0.0717 e. The predicted molar refractivity (Wildman–Crippen MR) is 50.3 cm³/mol. The Kier molecular flexibility index (Phi) is 5.11. The summed E-state index contributed by atoms with van der Waals surface area (Å²) in [6, 6.07) is 0. The van der Waals surface area contributed by atoms with Crippen molar-refractivity contribution in [1.29, 1.82) is 0 Å². The van der Waals surface area contributed by atoms with Crippen LogP contribution in [0.3, 0.4) is 0 Å². The molecule has 0 amide bonds. The van der Waals surface area contributed by atoms with E-state index in [1.54, 1.807) is 0 Å². The molecule has 11 heavy (non-hydrogen) atoms. The van der Waals surface area contributed by atoms with Crippen LogP contribution in [0.25, 0.3) is 0 Å². The quantitative estimate of drug-likeness (QED) is 0.601. The van der Waals surface area contributed by atoms with Gasteiger partial charge in [0.15, 0.2) is 0 Å². The normalized spacial score (nSPS) is 15.0. The van der Waals surface area contributed by atoms with Crippen LogP contribution in [0.2, 0.25) is 0 Å². The third-order valence-electron chi connectivity index (χ3n) is 1.30. The van der Waals surface area contributed by atoms with E-state index in [-0.39, 0.29) is 11.7 Å². The van der Waals surface area contributed by atoms with Crippen LogP contribution in [0, 0.1) is 0 Å². The summed E-state index contributed by atoms with van der Waals surface area (Å²) in [5.41, 5.74) is -0.0608. The van der Waals surface area contributed by atoms with E-state index in [2.05, 4.69) is 27.7 Å².